The zero-order valence-electron chi connectivity index (χ0n) is 16.4. The van der Waals surface area contributed by atoms with Crippen molar-refractivity contribution in [2.75, 3.05) is 0 Å². The number of nitrogens with zero attached hydrogens (tertiary/aromatic N) is 1. The van der Waals surface area contributed by atoms with Crippen molar-refractivity contribution in [3.8, 4) is 11.8 Å². The molecule has 1 aromatic heterocycles. The molecule has 0 aliphatic carbocycles. The van der Waals surface area contributed by atoms with Crippen molar-refractivity contribution in [3.63, 3.8) is 0 Å². The predicted molar refractivity (Wildman–Crippen MR) is 106 cm³/mol. The summed E-state index contributed by atoms with van der Waals surface area (Å²) in [4.78, 5) is 0. The molecule has 0 aliphatic heterocycles. The molecule has 1 nitrogen and oxygen atoms in total. The van der Waals surface area contributed by atoms with E-state index in [2.05, 4.69) is 71.9 Å². The molecule has 124 valence electrons. The van der Waals surface area contributed by atoms with Gasteiger partial charge in [-0.15, -0.1) is 5.92 Å². The van der Waals surface area contributed by atoms with Crippen LogP contribution in [0.2, 0.25) is 0 Å². The number of benzene rings is 2. The molecule has 0 bridgehead atoms. The Morgan fingerprint density at radius 2 is 1.04 bits per heavy atom. The summed E-state index contributed by atoms with van der Waals surface area (Å²) in [6.07, 6.45) is 0. The van der Waals surface area contributed by atoms with Crippen LogP contribution in [0.5, 0.6) is 0 Å². The van der Waals surface area contributed by atoms with Gasteiger partial charge in [-0.2, -0.15) is 0 Å². The maximum Gasteiger partial charge on any atom is 0.0524 e. The van der Waals surface area contributed by atoms with E-state index in [0.717, 1.165) is 0 Å². The number of aromatic nitrogens is 1. The van der Waals surface area contributed by atoms with E-state index in [1.54, 1.807) is 0 Å². The smallest absolute Gasteiger partial charge is 0.0524 e. The minimum absolute atomic E-state index is 1.20. The first-order valence-electron chi connectivity index (χ1n) is 8.64. The Morgan fingerprint density at radius 1 is 0.583 bits per heavy atom. The van der Waals surface area contributed by atoms with Gasteiger partial charge in [-0.25, -0.2) is 0 Å². The van der Waals surface area contributed by atoms with Crippen LogP contribution in [0.1, 0.15) is 51.4 Å². The molecule has 0 saturated heterocycles. The number of rotatable bonds is 0. The highest BCUT2D eigenvalue weighted by Gasteiger charge is 2.21. The van der Waals surface area contributed by atoms with E-state index in [-0.39, 0.29) is 0 Å². The van der Waals surface area contributed by atoms with Crippen LogP contribution < -0.4 is 0 Å². The standard InChI is InChI=1S/C23H27N/c1-10-11-19-14(4)17(7)23-21(18(19)8)20-15(5)12(2)13(3)16(6)22(20)24(23)9/h1-9H3. The molecule has 1 heteroatoms. The van der Waals surface area contributed by atoms with Crippen LogP contribution in [0.25, 0.3) is 21.8 Å². The van der Waals surface area contributed by atoms with Crippen LogP contribution in [0.4, 0.5) is 0 Å². The Balaban J connectivity index is 2.79. The van der Waals surface area contributed by atoms with Crippen molar-refractivity contribution in [1.29, 1.82) is 0 Å². The molecule has 0 atom stereocenters. The first-order valence-corrected chi connectivity index (χ1v) is 8.64. The number of aryl methyl sites for hydroxylation is 5. The lowest BCUT2D eigenvalue weighted by molar-refractivity contribution is 0.995. The van der Waals surface area contributed by atoms with Gasteiger partial charge in [-0.1, -0.05) is 5.92 Å². The average molecular weight is 317 g/mol. The Morgan fingerprint density at radius 3 is 1.58 bits per heavy atom. The van der Waals surface area contributed by atoms with Crippen molar-refractivity contribution in [3.05, 3.63) is 44.5 Å². The van der Waals surface area contributed by atoms with Gasteiger partial charge in [0, 0.05) is 23.4 Å². The summed E-state index contributed by atoms with van der Waals surface area (Å²) in [5, 5.41) is 2.80. The molecule has 0 aliphatic rings. The highest BCUT2D eigenvalue weighted by atomic mass is 14.9. The Kier molecular flexibility index (Phi) is 3.76. The van der Waals surface area contributed by atoms with Crippen LogP contribution >= 0.6 is 0 Å². The zero-order valence-corrected chi connectivity index (χ0v) is 16.4. The molecule has 0 N–H and O–H groups in total. The minimum atomic E-state index is 1.20. The topological polar surface area (TPSA) is 4.93 Å². The van der Waals surface area contributed by atoms with E-state index in [1.165, 1.54) is 66.3 Å². The lowest BCUT2D eigenvalue weighted by atomic mass is 9.90. The molecule has 0 saturated carbocycles. The second-order valence-electron chi connectivity index (χ2n) is 7.13. The molecular weight excluding hydrogens is 290 g/mol. The zero-order chi connectivity index (χ0) is 17.9. The molecular formula is C23H27N. The van der Waals surface area contributed by atoms with E-state index in [4.69, 9.17) is 0 Å². The van der Waals surface area contributed by atoms with Gasteiger partial charge in [0.2, 0.25) is 0 Å². The summed E-state index contributed by atoms with van der Waals surface area (Å²) in [6.45, 7) is 17.6. The summed E-state index contributed by atoms with van der Waals surface area (Å²) in [6, 6.07) is 0. The highest BCUT2D eigenvalue weighted by Crippen LogP contribution is 2.41. The number of hydrogen-bond donors (Lipinski definition) is 0. The van der Waals surface area contributed by atoms with E-state index < -0.39 is 0 Å². The minimum Gasteiger partial charge on any atom is -0.343 e. The van der Waals surface area contributed by atoms with Crippen LogP contribution in [0, 0.1) is 60.3 Å². The van der Waals surface area contributed by atoms with E-state index in [9.17, 15) is 0 Å². The Bertz CT molecular complexity index is 1080. The summed E-state index contributed by atoms with van der Waals surface area (Å²) >= 11 is 0. The van der Waals surface area contributed by atoms with Gasteiger partial charge in [0.1, 0.15) is 0 Å². The van der Waals surface area contributed by atoms with Crippen LogP contribution in [-0.4, -0.2) is 4.57 Å². The largest absolute Gasteiger partial charge is 0.343 e. The summed E-state index contributed by atoms with van der Waals surface area (Å²) in [5.41, 5.74) is 13.5. The molecule has 2 aromatic carbocycles. The number of fused-ring (bicyclic) bond motifs is 3. The highest BCUT2D eigenvalue weighted by molar-refractivity contribution is 6.14. The van der Waals surface area contributed by atoms with Crippen molar-refractivity contribution in [2.45, 2.75) is 55.4 Å². The molecule has 0 spiro atoms. The second kappa shape index (κ2) is 5.42. The monoisotopic (exact) mass is 317 g/mol. The molecule has 0 amide bonds. The molecule has 0 fully saturated rings. The second-order valence-corrected chi connectivity index (χ2v) is 7.13. The maximum atomic E-state index is 3.35. The van der Waals surface area contributed by atoms with Crippen molar-refractivity contribution < 1.29 is 0 Å². The summed E-state index contributed by atoms with van der Waals surface area (Å²) < 4.78 is 2.40. The molecule has 3 rings (SSSR count). The third-order valence-corrected chi connectivity index (χ3v) is 6.10. The van der Waals surface area contributed by atoms with Gasteiger partial charge in [0.15, 0.2) is 0 Å². The van der Waals surface area contributed by atoms with Gasteiger partial charge in [0.25, 0.3) is 0 Å². The van der Waals surface area contributed by atoms with E-state index in [1.807, 2.05) is 6.92 Å². The normalized spacial score (nSPS) is 11.2. The van der Waals surface area contributed by atoms with Gasteiger partial charge in [-0.3, -0.25) is 0 Å². The Hall–Kier alpha value is -2.20. The fraction of sp³-hybridized carbons (Fsp3) is 0.391. The average Bonchev–Trinajstić information content (AvgIpc) is 2.86. The van der Waals surface area contributed by atoms with Crippen molar-refractivity contribution in [1.82, 2.24) is 4.57 Å². The van der Waals surface area contributed by atoms with Crippen LogP contribution in [0.15, 0.2) is 0 Å². The van der Waals surface area contributed by atoms with Crippen molar-refractivity contribution >= 4 is 21.8 Å². The fourth-order valence-corrected chi connectivity index (χ4v) is 4.30. The fourth-order valence-electron chi connectivity index (χ4n) is 4.30. The Labute approximate surface area is 145 Å². The van der Waals surface area contributed by atoms with E-state index in [0.29, 0.717) is 0 Å². The first kappa shape index (κ1) is 16.7. The third-order valence-electron chi connectivity index (χ3n) is 6.10. The quantitative estimate of drug-likeness (QED) is 0.457. The summed E-state index contributed by atoms with van der Waals surface area (Å²) in [7, 11) is 2.21. The summed E-state index contributed by atoms with van der Waals surface area (Å²) in [5.74, 6) is 6.45. The third kappa shape index (κ3) is 1.89. The molecule has 0 unspecified atom stereocenters. The maximum absolute atomic E-state index is 3.35. The SMILES string of the molecule is CC#Cc1c(C)c(C)c2c(c1C)c1c(C)c(C)c(C)c(C)c1n2C. The van der Waals surface area contributed by atoms with Gasteiger partial charge in [0.05, 0.1) is 11.0 Å². The number of hydrogen-bond acceptors (Lipinski definition) is 0. The predicted octanol–water partition coefficient (Wildman–Crippen LogP) is 5.86. The molecule has 24 heavy (non-hydrogen) atoms. The molecule has 3 aromatic rings. The lowest BCUT2D eigenvalue weighted by Gasteiger charge is -2.13. The van der Waals surface area contributed by atoms with Crippen molar-refractivity contribution in [2.24, 2.45) is 7.05 Å². The van der Waals surface area contributed by atoms with Gasteiger partial charge < -0.3 is 4.57 Å². The van der Waals surface area contributed by atoms with Crippen LogP contribution in [-0.2, 0) is 7.05 Å². The first-order chi connectivity index (χ1) is 11.2. The van der Waals surface area contributed by atoms with E-state index >= 15 is 0 Å². The molecule has 0 radical (unpaired) electrons. The van der Waals surface area contributed by atoms with Crippen LogP contribution in [0.3, 0.4) is 0 Å². The van der Waals surface area contributed by atoms with Gasteiger partial charge in [-0.05, 0) is 94.3 Å². The molecule has 1 heterocycles. The van der Waals surface area contributed by atoms with Gasteiger partial charge >= 0.3 is 0 Å². The lowest BCUT2D eigenvalue weighted by Crippen LogP contribution is -1.98.